The van der Waals surface area contributed by atoms with Crippen LogP contribution in [0, 0.1) is 0 Å². The first-order valence-corrected chi connectivity index (χ1v) is 6.96. The molecule has 0 atom stereocenters. The van der Waals surface area contributed by atoms with E-state index in [1.54, 1.807) is 23.7 Å². The van der Waals surface area contributed by atoms with Crippen LogP contribution in [-0.4, -0.2) is 15.0 Å². The molecule has 0 saturated carbocycles. The molecule has 0 aliphatic heterocycles. The third-order valence-electron chi connectivity index (χ3n) is 2.41. The monoisotopic (exact) mass is 320 g/mol. The van der Waals surface area contributed by atoms with Crippen molar-refractivity contribution in [2.75, 3.05) is 5.32 Å². The molecule has 0 bridgehead atoms. The molecule has 0 aliphatic carbocycles. The number of rotatable bonds is 3. The molecule has 4 nitrogen and oxygen atoms in total. The Hall–Kier alpha value is -1.53. The number of hydrogen-bond acceptors (Lipinski definition) is 5. The highest BCUT2D eigenvalue weighted by Crippen LogP contribution is 2.28. The van der Waals surface area contributed by atoms with Crippen LogP contribution >= 0.6 is 27.3 Å². The third kappa shape index (κ3) is 2.49. The van der Waals surface area contributed by atoms with E-state index in [1.807, 2.05) is 12.1 Å². The van der Waals surface area contributed by atoms with Crippen LogP contribution in [0.4, 0.5) is 5.13 Å². The second kappa shape index (κ2) is 4.99. The van der Waals surface area contributed by atoms with Crippen LogP contribution < -0.4 is 5.32 Å². The van der Waals surface area contributed by atoms with Gasteiger partial charge in [-0.3, -0.25) is 0 Å². The summed E-state index contributed by atoms with van der Waals surface area (Å²) in [7, 11) is 0. The van der Waals surface area contributed by atoms with Crippen molar-refractivity contribution in [2.45, 2.75) is 6.54 Å². The van der Waals surface area contributed by atoms with Gasteiger partial charge in [0.1, 0.15) is 6.33 Å². The van der Waals surface area contributed by atoms with E-state index in [0.717, 1.165) is 25.4 Å². The topological polar surface area (TPSA) is 50.7 Å². The zero-order valence-electron chi connectivity index (χ0n) is 9.30. The highest BCUT2D eigenvalue weighted by molar-refractivity contribution is 9.10. The largest absolute Gasteiger partial charge is 0.357 e. The summed E-state index contributed by atoms with van der Waals surface area (Å²) in [6.45, 7) is 0.682. The van der Waals surface area contributed by atoms with Crippen molar-refractivity contribution in [1.82, 2.24) is 15.0 Å². The molecule has 2 aromatic heterocycles. The maximum Gasteiger partial charge on any atom is 0.184 e. The summed E-state index contributed by atoms with van der Waals surface area (Å²) in [5.41, 5.74) is 2.05. The Morgan fingerprint density at radius 2 is 2.06 bits per heavy atom. The fraction of sp³-hybridized carbons (Fsp3) is 0.0833. The molecule has 18 heavy (non-hydrogen) atoms. The second-order valence-electron chi connectivity index (χ2n) is 3.73. The van der Waals surface area contributed by atoms with Crippen LogP contribution in [0.2, 0.25) is 0 Å². The van der Waals surface area contributed by atoms with Gasteiger partial charge in [-0.15, -0.1) is 0 Å². The minimum Gasteiger partial charge on any atom is -0.357 e. The summed E-state index contributed by atoms with van der Waals surface area (Å²) < 4.78 is 2.23. The van der Waals surface area contributed by atoms with Crippen LogP contribution in [-0.2, 0) is 6.54 Å². The van der Waals surface area contributed by atoms with Crippen molar-refractivity contribution in [3.63, 3.8) is 0 Å². The fourth-order valence-electron chi connectivity index (χ4n) is 1.57. The van der Waals surface area contributed by atoms with Gasteiger partial charge in [-0.2, -0.15) is 0 Å². The number of nitrogens with zero attached hydrogens (tertiary/aromatic N) is 3. The Morgan fingerprint density at radius 3 is 2.89 bits per heavy atom. The molecule has 1 aromatic carbocycles. The lowest BCUT2D eigenvalue weighted by Crippen LogP contribution is -1.99. The van der Waals surface area contributed by atoms with Gasteiger partial charge >= 0.3 is 0 Å². The molecule has 6 heteroatoms. The van der Waals surface area contributed by atoms with E-state index in [1.165, 1.54) is 6.33 Å². The lowest BCUT2D eigenvalue weighted by atomic mass is 10.3. The van der Waals surface area contributed by atoms with E-state index in [2.05, 4.69) is 42.3 Å². The van der Waals surface area contributed by atoms with Crippen molar-refractivity contribution in [3.8, 4) is 0 Å². The first-order valence-electron chi connectivity index (χ1n) is 5.35. The first kappa shape index (κ1) is 11.6. The Kier molecular flexibility index (Phi) is 3.21. The summed E-state index contributed by atoms with van der Waals surface area (Å²) in [5, 5.41) is 4.19. The van der Waals surface area contributed by atoms with E-state index < -0.39 is 0 Å². The maximum absolute atomic E-state index is 4.51. The van der Waals surface area contributed by atoms with E-state index in [0.29, 0.717) is 6.54 Å². The minimum absolute atomic E-state index is 0.682. The van der Waals surface area contributed by atoms with Gasteiger partial charge in [-0.05, 0) is 18.2 Å². The smallest absolute Gasteiger partial charge is 0.184 e. The molecule has 0 fully saturated rings. The summed E-state index contributed by atoms with van der Waals surface area (Å²) in [4.78, 5) is 12.5. The average Bonchev–Trinajstić information content (AvgIpc) is 2.79. The summed E-state index contributed by atoms with van der Waals surface area (Å²) in [6, 6.07) is 6.08. The maximum atomic E-state index is 4.51. The Balaban J connectivity index is 1.79. The molecule has 0 radical (unpaired) electrons. The van der Waals surface area contributed by atoms with E-state index >= 15 is 0 Å². The molecule has 3 aromatic rings. The number of benzene rings is 1. The predicted molar refractivity (Wildman–Crippen MR) is 76.7 cm³/mol. The highest BCUT2D eigenvalue weighted by Gasteiger charge is 2.03. The van der Waals surface area contributed by atoms with Crippen molar-refractivity contribution in [2.24, 2.45) is 0 Å². The lowest BCUT2D eigenvalue weighted by Gasteiger charge is -2.00. The molecule has 0 spiro atoms. The SMILES string of the molecule is Brc1ccc2nc(NCc3cncnc3)sc2c1. The molecule has 0 saturated heterocycles. The van der Waals surface area contributed by atoms with Crippen molar-refractivity contribution in [1.29, 1.82) is 0 Å². The third-order valence-corrected chi connectivity index (χ3v) is 3.88. The van der Waals surface area contributed by atoms with Crippen LogP contribution in [0.3, 0.4) is 0 Å². The van der Waals surface area contributed by atoms with Crippen molar-refractivity contribution >= 4 is 42.6 Å². The van der Waals surface area contributed by atoms with Gasteiger partial charge in [-0.25, -0.2) is 15.0 Å². The van der Waals surface area contributed by atoms with Gasteiger partial charge in [0.2, 0.25) is 0 Å². The Labute approximate surface area is 116 Å². The van der Waals surface area contributed by atoms with Gasteiger partial charge in [0.25, 0.3) is 0 Å². The molecular formula is C12H9BrN4S. The molecule has 2 heterocycles. The van der Waals surface area contributed by atoms with E-state index in [9.17, 15) is 0 Å². The zero-order chi connectivity index (χ0) is 12.4. The van der Waals surface area contributed by atoms with Gasteiger partial charge < -0.3 is 5.32 Å². The van der Waals surface area contributed by atoms with Gasteiger partial charge in [-0.1, -0.05) is 27.3 Å². The molecule has 0 aliphatic rings. The number of thiazole rings is 1. The van der Waals surface area contributed by atoms with Crippen LogP contribution in [0.25, 0.3) is 10.2 Å². The number of nitrogens with one attached hydrogen (secondary N) is 1. The fourth-order valence-corrected chi connectivity index (χ4v) is 2.99. The van der Waals surface area contributed by atoms with E-state index in [-0.39, 0.29) is 0 Å². The van der Waals surface area contributed by atoms with Crippen molar-refractivity contribution in [3.05, 3.63) is 47.0 Å². The number of halogens is 1. The Bertz CT molecular complexity index is 668. The number of anilines is 1. The summed E-state index contributed by atoms with van der Waals surface area (Å²) >= 11 is 5.10. The Morgan fingerprint density at radius 1 is 1.22 bits per heavy atom. The summed E-state index contributed by atoms with van der Waals surface area (Å²) in [6.07, 6.45) is 5.12. The van der Waals surface area contributed by atoms with Crippen molar-refractivity contribution < 1.29 is 0 Å². The lowest BCUT2D eigenvalue weighted by molar-refractivity contribution is 1.05. The second-order valence-corrected chi connectivity index (χ2v) is 5.68. The molecule has 0 amide bonds. The first-order chi connectivity index (χ1) is 8.81. The number of fused-ring (bicyclic) bond motifs is 1. The predicted octanol–water partition coefficient (Wildman–Crippen LogP) is 3.46. The normalized spacial score (nSPS) is 10.7. The van der Waals surface area contributed by atoms with Crippen LogP contribution in [0.1, 0.15) is 5.56 Å². The van der Waals surface area contributed by atoms with Gasteiger partial charge in [0, 0.05) is 29.0 Å². The molecular weight excluding hydrogens is 312 g/mol. The van der Waals surface area contributed by atoms with Crippen LogP contribution in [0.15, 0.2) is 41.4 Å². The molecule has 0 unspecified atom stereocenters. The molecule has 1 N–H and O–H groups in total. The number of aromatic nitrogens is 3. The molecule has 3 rings (SSSR count). The van der Waals surface area contributed by atoms with Gasteiger partial charge in [0.15, 0.2) is 5.13 Å². The summed E-state index contributed by atoms with van der Waals surface area (Å²) in [5.74, 6) is 0. The van der Waals surface area contributed by atoms with Gasteiger partial charge in [0.05, 0.1) is 10.2 Å². The van der Waals surface area contributed by atoms with E-state index in [4.69, 9.17) is 0 Å². The standard InChI is InChI=1S/C12H9BrN4S/c13-9-1-2-10-11(3-9)18-12(17-10)16-6-8-4-14-7-15-5-8/h1-5,7H,6H2,(H,16,17). The highest BCUT2D eigenvalue weighted by atomic mass is 79.9. The quantitative estimate of drug-likeness (QED) is 0.803. The minimum atomic E-state index is 0.682. The number of hydrogen-bond donors (Lipinski definition) is 1. The van der Waals surface area contributed by atoms with Crippen LogP contribution in [0.5, 0.6) is 0 Å². The zero-order valence-corrected chi connectivity index (χ0v) is 11.7. The molecule has 90 valence electrons. The average molecular weight is 321 g/mol.